The monoisotopic (exact) mass is 270 g/mol. The molecule has 0 aliphatic carbocycles. The Kier molecular flexibility index (Phi) is 4.81. The van der Waals surface area contributed by atoms with Crippen molar-refractivity contribution in [1.29, 1.82) is 0 Å². The van der Waals surface area contributed by atoms with Gasteiger partial charge in [-0.25, -0.2) is 0 Å². The highest BCUT2D eigenvalue weighted by Gasteiger charge is 2.50. The predicted molar refractivity (Wildman–Crippen MR) is 73.0 cm³/mol. The van der Waals surface area contributed by atoms with Crippen LogP contribution in [0.1, 0.15) is 19.3 Å². The Morgan fingerprint density at radius 3 is 2.68 bits per heavy atom. The third-order valence-electron chi connectivity index (χ3n) is 4.60. The summed E-state index contributed by atoms with van der Waals surface area (Å²) < 4.78 is 10.3. The van der Waals surface area contributed by atoms with Gasteiger partial charge in [-0.05, 0) is 32.4 Å². The molecule has 110 valence electrons. The summed E-state index contributed by atoms with van der Waals surface area (Å²) in [7, 11) is 5.58. The first-order valence-electron chi connectivity index (χ1n) is 7.08. The molecule has 5 heteroatoms. The quantitative estimate of drug-likeness (QED) is 0.733. The number of amides is 1. The van der Waals surface area contributed by atoms with Crippen molar-refractivity contribution in [2.45, 2.75) is 24.8 Å². The first kappa shape index (κ1) is 14.8. The van der Waals surface area contributed by atoms with Crippen LogP contribution in [0.3, 0.4) is 0 Å². The molecule has 2 aliphatic rings. The Morgan fingerprint density at radius 2 is 2.05 bits per heavy atom. The SMILES string of the molecule is COCCC(=O)N1CC2(C[C@H](COC)CCN2C)C1. The van der Waals surface area contributed by atoms with Crippen LogP contribution in [0, 0.1) is 5.92 Å². The molecule has 1 atom stereocenters. The number of ether oxygens (including phenoxy) is 2. The third-order valence-corrected chi connectivity index (χ3v) is 4.60. The number of likely N-dealkylation sites (tertiary alicyclic amines) is 2. The van der Waals surface area contributed by atoms with Crippen LogP contribution in [0.25, 0.3) is 0 Å². The van der Waals surface area contributed by atoms with Crippen molar-refractivity contribution in [2.24, 2.45) is 5.92 Å². The molecule has 0 aromatic carbocycles. The van der Waals surface area contributed by atoms with Gasteiger partial charge < -0.3 is 14.4 Å². The van der Waals surface area contributed by atoms with Crippen molar-refractivity contribution in [3.8, 4) is 0 Å². The Labute approximate surface area is 115 Å². The zero-order chi connectivity index (χ0) is 13.9. The molecule has 0 aromatic rings. The molecule has 0 radical (unpaired) electrons. The summed E-state index contributed by atoms with van der Waals surface area (Å²) in [5, 5.41) is 0. The molecule has 2 aliphatic heterocycles. The number of likely N-dealkylation sites (N-methyl/N-ethyl adjacent to an activating group) is 1. The summed E-state index contributed by atoms with van der Waals surface area (Å²) in [6.45, 7) is 4.20. The lowest BCUT2D eigenvalue weighted by Gasteiger charge is -2.58. The second-order valence-electron chi connectivity index (χ2n) is 5.95. The number of piperidine rings is 1. The highest BCUT2D eigenvalue weighted by Crippen LogP contribution is 2.38. The first-order valence-corrected chi connectivity index (χ1v) is 7.08. The average molecular weight is 270 g/mol. The number of carbonyl (C=O) groups is 1. The van der Waals surface area contributed by atoms with Crippen molar-refractivity contribution in [1.82, 2.24) is 9.80 Å². The molecule has 0 bridgehead atoms. The minimum atomic E-state index is 0.199. The lowest BCUT2D eigenvalue weighted by molar-refractivity contribution is -0.151. The molecule has 19 heavy (non-hydrogen) atoms. The van der Waals surface area contributed by atoms with E-state index in [4.69, 9.17) is 9.47 Å². The maximum Gasteiger partial charge on any atom is 0.225 e. The second kappa shape index (κ2) is 6.20. The Balaban J connectivity index is 1.85. The molecule has 0 N–H and O–H groups in total. The first-order chi connectivity index (χ1) is 9.11. The summed E-state index contributed by atoms with van der Waals surface area (Å²) in [6, 6.07) is 0. The summed E-state index contributed by atoms with van der Waals surface area (Å²) in [5.74, 6) is 0.854. The van der Waals surface area contributed by atoms with Gasteiger partial charge in [0.1, 0.15) is 0 Å². The van der Waals surface area contributed by atoms with E-state index >= 15 is 0 Å². The summed E-state index contributed by atoms with van der Waals surface area (Å²) in [6.07, 6.45) is 2.84. The van der Waals surface area contributed by atoms with Crippen LogP contribution in [0.5, 0.6) is 0 Å². The third kappa shape index (κ3) is 3.09. The largest absolute Gasteiger partial charge is 0.384 e. The minimum Gasteiger partial charge on any atom is -0.384 e. The standard InChI is InChI=1S/C14H26N2O3/c1-15-6-4-12(9-19-3)8-14(15)10-16(11-14)13(17)5-7-18-2/h12H,4-11H2,1-3H3/t12-/m1/s1. The van der Waals surface area contributed by atoms with Crippen LogP contribution in [0.4, 0.5) is 0 Å². The van der Waals surface area contributed by atoms with Gasteiger partial charge in [-0.1, -0.05) is 0 Å². The molecule has 2 fully saturated rings. The molecule has 0 saturated carbocycles. The summed E-state index contributed by atoms with van der Waals surface area (Å²) >= 11 is 0. The Bertz CT molecular complexity index is 316. The van der Waals surface area contributed by atoms with E-state index in [0.717, 1.165) is 32.7 Å². The van der Waals surface area contributed by atoms with E-state index in [1.165, 1.54) is 6.42 Å². The van der Waals surface area contributed by atoms with E-state index in [1.54, 1.807) is 14.2 Å². The van der Waals surface area contributed by atoms with Gasteiger partial charge in [0.15, 0.2) is 0 Å². The predicted octanol–water partition coefficient (Wildman–Crippen LogP) is 0.592. The van der Waals surface area contributed by atoms with Crippen molar-refractivity contribution >= 4 is 5.91 Å². The van der Waals surface area contributed by atoms with Gasteiger partial charge in [-0.2, -0.15) is 0 Å². The van der Waals surface area contributed by atoms with E-state index in [-0.39, 0.29) is 11.4 Å². The van der Waals surface area contributed by atoms with Gasteiger partial charge in [0.05, 0.1) is 18.6 Å². The molecular weight excluding hydrogens is 244 g/mol. The second-order valence-corrected chi connectivity index (χ2v) is 5.95. The molecule has 1 amide bonds. The van der Waals surface area contributed by atoms with Gasteiger partial charge in [-0.3, -0.25) is 9.69 Å². The van der Waals surface area contributed by atoms with E-state index in [0.29, 0.717) is 18.9 Å². The molecule has 2 rings (SSSR count). The number of methoxy groups -OCH3 is 2. The zero-order valence-electron chi connectivity index (χ0n) is 12.4. The molecule has 0 unspecified atom stereocenters. The number of carbonyl (C=O) groups excluding carboxylic acids is 1. The van der Waals surface area contributed by atoms with Gasteiger partial charge in [0.2, 0.25) is 5.91 Å². The number of hydrogen-bond acceptors (Lipinski definition) is 4. The lowest BCUT2D eigenvalue weighted by Crippen LogP contribution is -2.72. The highest BCUT2D eigenvalue weighted by atomic mass is 16.5. The van der Waals surface area contributed by atoms with Crippen molar-refractivity contribution in [3.05, 3.63) is 0 Å². The minimum absolute atomic E-state index is 0.199. The van der Waals surface area contributed by atoms with Crippen LogP contribution in [0.15, 0.2) is 0 Å². The van der Waals surface area contributed by atoms with Gasteiger partial charge in [0.25, 0.3) is 0 Å². The fraction of sp³-hybridized carbons (Fsp3) is 0.929. The van der Waals surface area contributed by atoms with Crippen LogP contribution in [-0.4, -0.2) is 75.4 Å². The zero-order valence-corrected chi connectivity index (χ0v) is 12.4. The van der Waals surface area contributed by atoms with Crippen molar-refractivity contribution < 1.29 is 14.3 Å². The Morgan fingerprint density at radius 1 is 1.32 bits per heavy atom. The smallest absolute Gasteiger partial charge is 0.225 e. The molecular formula is C14H26N2O3. The van der Waals surface area contributed by atoms with E-state index in [2.05, 4.69) is 11.9 Å². The Hall–Kier alpha value is -0.650. The topological polar surface area (TPSA) is 42.0 Å². The van der Waals surface area contributed by atoms with E-state index in [1.807, 2.05) is 4.90 Å². The fourth-order valence-corrected chi connectivity index (χ4v) is 3.35. The normalized spacial score (nSPS) is 26.5. The maximum atomic E-state index is 11.9. The summed E-state index contributed by atoms with van der Waals surface area (Å²) in [4.78, 5) is 16.3. The highest BCUT2D eigenvalue weighted by molar-refractivity contribution is 5.77. The van der Waals surface area contributed by atoms with Gasteiger partial charge >= 0.3 is 0 Å². The van der Waals surface area contributed by atoms with Gasteiger partial charge in [0, 0.05) is 33.9 Å². The lowest BCUT2D eigenvalue weighted by atomic mass is 9.75. The molecule has 5 nitrogen and oxygen atoms in total. The molecule has 0 aromatic heterocycles. The van der Waals surface area contributed by atoms with Crippen LogP contribution in [-0.2, 0) is 14.3 Å². The van der Waals surface area contributed by atoms with Crippen LogP contribution < -0.4 is 0 Å². The average Bonchev–Trinajstić information content (AvgIpc) is 2.36. The van der Waals surface area contributed by atoms with Crippen molar-refractivity contribution in [3.63, 3.8) is 0 Å². The fourth-order valence-electron chi connectivity index (χ4n) is 3.35. The van der Waals surface area contributed by atoms with Crippen LogP contribution >= 0.6 is 0 Å². The van der Waals surface area contributed by atoms with E-state index in [9.17, 15) is 4.79 Å². The molecule has 2 heterocycles. The molecule has 2 saturated heterocycles. The molecule has 1 spiro atoms. The van der Waals surface area contributed by atoms with Gasteiger partial charge in [-0.15, -0.1) is 0 Å². The maximum absolute atomic E-state index is 11.9. The van der Waals surface area contributed by atoms with E-state index < -0.39 is 0 Å². The summed E-state index contributed by atoms with van der Waals surface area (Å²) in [5.41, 5.74) is 0.199. The van der Waals surface area contributed by atoms with Crippen LogP contribution in [0.2, 0.25) is 0 Å². The number of rotatable bonds is 5. The number of nitrogens with zero attached hydrogens (tertiary/aromatic N) is 2. The van der Waals surface area contributed by atoms with Crippen molar-refractivity contribution in [2.75, 3.05) is 54.1 Å². The number of hydrogen-bond donors (Lipinski definition) is 0.